The van der Waals surface area contributed by atoms with Crippen LogP contribution in [-0.4, -0.2) is 0 Å². The van der Waals surface area contributed by atoms with Gasteiger partial charge in [0.15, 0.2) is 0 Å². The van der Waals surface area contributed by atoms with Crippen LogP contribution in [0, 0.1) is 5.92 Å². The molecule has 1 aromatic rings. The zero-order valence-corrected chi connectivity index (χ0v) is 9.32. The van der Waals surface area contributed by atoms with Gasteiger partial charge in [-0.25, -0.2) is 0 Å². The SMILES string of the molecule is CCC1C=CCC=C1Cc1ccccc1. The largest absolute Gasteiger partial charge is 0.0841 e. The van der Waals surface area contributed by atoms with Gasteiger partial charge < -0.3 is 0 Å². The molecule has 0 heterocycles. The van der Waals surface area contributed by atoms with E-state index in [1.54, 1.807) is 5.57 Å². The fourth-order valence-electron chi connectivity index (χ4n) is 2.17. The molecule has 1 unspecified atom stereocenters. The lowest BCUT2D eigenvalue weighted by atomic mass is 9.87. The van der Waals surface area contributed by atoms with Gasteiger partial charge in [0.05, 0.1) is 0 Å². The van der Waals surface area contributed by atoms with Gasteiger partial charge in [-0.2, -0.15) is 0 Å². The van der Waals surface area contributed by atoms with Gasteiger partial charge in [0.2, 0.25) is 0 Å². The van der Waals surface area contributed by atoms with E-state index in [1.807, 2.05) is 0 Å². The first-order valence-electron chi connectivity index (χ1n) is 5.79. The minimum Gasteiger partial charge on any atom is -0.0841 e. The molecule has 0 aromatic heterocycles. The lowest BCUT2D eigenvalue weighted by Gasteiger charge is -2.18. The maximum absolute atomic E-state index is 2.39. The van der Waals surface area contributed by atoms with Gasteiger partial charge in [0, 0.05) is 0 Å². The third-order valence-electron chi connectivity index (χ3n) is 3.05. The fourth-order valence-corrected chi connectivity index (χ4v) is 2.17. The maximum atomic E-state index is 2.39. The van der Waals surface area contributed by atoms with Crippen molar-refractivity contribution in [1.29, 1.82) is 0 Å². The summed E-state index contributed by atoms with van der Waals surface area (Å²) in [5, 5.41) is 0. The summed E-state index contributed by atoms with van der Waals surface area (Å²) in [6.45, 7) is 2.26. The van der Waals surface area contributed by atoms with E-state index in [0.29, 0.717) is 5.92 Å². The van der Waals surface area contributed by atoms with Gasteiger partial charge >= 0.3 is 0 Å². The van der Waals surface area contributed by atoms with Crippen molar-refractivity contribution in [3.05, 3.63) is 59.7 Å². The molecule has 0 N–H and O–H groups in total. The van der Waals surface area contributed by atoms with Crippen LogP contribution in [0.15, 0.2) is 54.1 Å². The standard InChI is InChI=1S/C15H18/c1-2-14-10-6-7-11-15(14)12-13-8-4-3-5-9-13/h3-6,8-11,14H,2,7,12H2,1H3. The van der Waals surface area contributed by atoms with Crippen molar-refractivity contribution in [1.82, 2.24) is 0 Å². The second kappa shape index (κ2) is 4.97. The van der Waals surface area contributed by atoms with Crippen LogP contribution in [0.3, 0.4) is 0 Å². The number of hydrogen-bond acceptors (Lipinski definition) is 0. The van der Waals surface area contributed by atoms with Crippen LogP contribution in [-0.2, 0) is 6.42 Å². The smallest absolute Gasteiger partial charge is 0.00224 e. The highest BCUT2D eigenvalue weighted by molar-refractivity contribution is 5.27. The van der Waals surface area contributed by atoms with E-state index in [1.165, 1.54) is 12.0 Å². The molecule has 1 aliphatic carbocycles. The summed E-state index contributed by atoms with van der Waals surface area (Å²) in [7, 11) is 0. The van der Waals surface area contributed by atoms with Gasteiger partial charge in [0.25, 0.3) is 0 Å². The van der Waals surface area contributed by atoms with Gasteiger partial charge in [-0.3, -0.25) is 0 Å². The van der Waals surface area contributed by atoms with E-state index in [4.69, 9.17) is 0 Å². The van der Waals surface area contributed by atoms with Crippen LogP contribution in [0.1, 0.15) is 25.3 Å². The molecule has 2 rings (SSSR count). The van der Waals surface area contributed by atoms with E-state index in [0.717, 1.165) is 12.8 Å². The van der Waals surface area contributed by atoms with E-state index >= 15 is 0 Å². The minimum absolute atomic E-state index is 0.666. The summed E-state index contributed by atoms with van der Waals surface area (Å²) in [5.41, 5.74) is 3.02. The lowest BCUT2D eigenvalue weighted by molar-refractivity contribution is 0.691. The average Bonchev–Trinajstić information content (AvgIpc) is 2.31. The van der Waals surface area contributed by atoms with Crippen LogP contribution >= 0.6 is 0 Å². The first kappa shape index (κ1) is 10.2. The molecule has 15 heavy (non-hydrogen) atoms. The Morgan fingerprint density at radius 3 is 2.73 bits per heavy atom. The second-order valence-corrected chi connectivity index (χ2v) is 4.12. The molecule has 0 aliphatic heterocycles. The van der Waals surface area contributed by atoms with Crippen LogP contribution in [0.25, 0.3) is 0 Å². The Labute approximate surface area is 92.3 Å². The molecule has 1 aliphatic rings. The van der Waals surface area contributed by atoms with Crippen molar-refractivity contribution < 1.29 is 0 Å². The topological polar surface area (TPSA) is 0 Å². The van der Waals surface area contributed by atoms with E-state index < -0.39 is 0 Å². The Balaban J connectivity index is 2.08. The third kappa shape index (κ3) is 2.59. The van der Waals surface area contributed by atoms with Gasteiger partial charge in [0.1, 0.15) is 0 Å². The molecule has 0 fully saturated rings. The highest BCUT2D eigenvalue weighted by Gasteiger charge is 2.11. The molecule has 0 spiro atoms. The molecule has 78 valence electrons. The lowest BCUT2D eigenvalue weighted by Crippen LogP contribution is -2.05. The number of hydrogen-bond donors (Lipinski definition) is 0. The molecular weight excluding hydrogens is 180 g/mol. The summed E-state index contributed by atoms with van der Waals surface area (Å²) in [6, 6.07) is 10.7. The summed E-state index contributed by atoms with van der Waals surface area (Å²) < 4.78 is 0. The normalized spacial score (nSPS) is 20.1. The number of benzene rings is 1. The molecule has 0 saturated heterocycles. The molecule has 0 heteroatoms. The minimum atomic E-state index is 0.666. The summed E-state index contributed by atoms with van der Waals surface area (Å²) in [5.74, 6) is 0.666. The highest BCUT2D eigenvalue weighted by atomic mass is 14.2. The monoisotopic (exact) mass is 198 g/mol. The van der Waals surface area contributed by atoms with Crippen LogP contribution in [0.4, 0.5) is 0 Å². The molecule has 0 saturated carbocycles. The Kier molecular flexibility index (Phi) is 3.39. The van der Waals surface area contributed by atoms with Gasteiger partial charge in [-0.05, 0) is 30.7 Å². The number of allylic oxidation sites excluding steroid dienone is 4. The van der Waals surface area contributed by atoms with E-state index in [9.17, 15) is 0 Å². The van der Waals surface area contributed by atoms with Crippen molar-refractivity contribution in [3.8, 4) is 0 Å². The average molecular weight is 198 g/mol. The Morgan fingerprint density at radius 2 is 2.00 bits per heavy atom. The molecular formula is C15H18. The number of rotatable bonds is 3. The quantitative estimate of drug-likeness (QED) is 0.640. The zero-order chi connectivity index (χ0) is 10.5. The fraction of sp³-hybridized carbons (Fsp3) is 0.333. The Hall–Kier alpha value is -1.30. The van der Waals surface area contributed by atoms with Crippen LogP contribution in [0.5, 0.6) is 0 Å². The van der Waals surface area contributed by atoms with Gasteiger partial charge in [-0.15, -0.1) is 0 Å². The molecule has 1 aromatic carbocycles. The van der Waals surface area contributed by atoms with Crippen molar-refractivity contribution in [2.45, 2.75) is 26.2 Å². The molecule has 0 radical (unpaired) electrons. The maximum Gasteiger partial charge on any atom is -0.00224 e. The predicted octanol–water partition coefficient (Wildman–Crippen LogP) is 4.14. The summed E-state index contributed by atoms with van der Waals surface area (Å²) in [4.78, 5) is 0. The first-order valence-corrected chi connectivity index (χ1v) is 5.79. The second-order valence-electron chi connectivity index (χ2n) is 4.12. The van der Waals surface area contributed by atoms with Crippen LogP contribution in [0.2, 0.25) is 0 Å². The summed E-state index contributed by atoms with van der Waals surface area (Å²) in [6.07, 6.45) is 10.5. The molecule has 0 amide bonds. The Bertz CT molecular complexity index is 357. The van der Waals surface area contributed by atoms with Crippen molar-refractivity contribution in [3.63, 3.8) is 0 Å². The zero-order valence-electron chi connectivity index (χ0n) is 9.32. The molecule has 0 bridgehead atoms. The third-order valence-corrected chi connectivity index (χ3v) is 3.05. The predicted molar refractivity (Wildman–Crippen MR) is 65.8 cm³/mol. The first-order chi connectivity index (χ1) is 7.40. The Morgan fingerprint density at radius 1 is 1.20 bits per heavy atom. The van der Waals surface area contributed by atoms with Crippen LogP contribution < -0.4 is 0 Å². The van der Waals surface area contributed by atoms with Crippen molar-refractivity contribution >= 4 is 0 Å². The van der Waals surface area contributed by atoms with Crippen molar-refractivity contribution in [2.75, 3.05) is 0 Å². The van der Waals surface area contributed by atoms with Crippen molar-refractivity contribution in [2.24, 2.45) is 5.92 Å². The molecule has 1 atom stereocenters. The van der Waals surface area contributed by atoms with E-state index in [-0.39, 0.29) is 0 Å². The molecule has 0 nitrogen and oxygen atoms in total. The summed E-state index contributed by atoms with van der Waals surface area (Å²) >= 11 is 0. The van der Waals surface area contributed by atoms with Gasteiger partial charge in [-0.1, -0.05) is 61.1 Å². The van der Waals surface area contributed by atoms with E-state index in [2.05, 4.69) is 55.5 Å². The highest BCUT2D eigenvalue weighted by Crippen LogP contribution is 2.25.